The van der Waals surface area contributed by atoms with E-state index in [0.29, 0.717) is 6.10 Å². The molecule has 19 heavy (non-hydrogen) atoms. The molecule has 0 aromatic carbocycles. The monoisotopic (exact) mass is 327 g/mol. The zero-order valence-corrected chi connectivity index (χ0v) is 13.3. The Bertz CT molecular complexity index is 406. The Hall–Kier alpha value is -0.680. The van der Waals surface area contributed by atoms with Crippen molar-refractivity contribution in [2.75, 3.05) is 29.9 Å². The summed E-state index contributed by atoms with van der Waals surface area (Å²) in [7, 11) is 0. The van der Waals surface area contributed by atoms with Crippen LogP contribution in [0.5, 0.6) is 0 Å². The van der Waals surface area contributed by atoms with Crippen molar-refractivity contribution < 1.29 is 4.74 Å². The first-order chi connectivity index (χ1) is 9.22. The van der Waals surface area contributed by atoms with Gasteiger partial charge in [-0.15, -0.1) is 0 Å². The minimum Gasteiger partial charge on any atom is -0.377 e. The van der Waals surface area contributed by atoms with Gasteiger partial charge in [-0.3, -0.25) is 0 Å². The lowest BCUT2D eigenvalue weighted by Crippen LogP contribution is -2.38. The van der Waals surface area contributed by atoms with E-state index in [2.05, 4.69) is 43.8 Å². The Morgan fingerprint density at radius 3 is 2.74 bits per heavy atom. The van der Waals surface area contributed by atoms with Gasteiger partial charge in [-0.2, -0.15) is 0 Å². The molecule has 0 amide bonds. The van der Waals surface area contributed by atoms with Crippen LogP contribution in [0, 0.1) is 6.92 Å². The minimum absolute atomic E-state index is 0.405. The predicted octanol–water partition coefficient (Wildman–Crippen LogP) is 2.73. The number of aromatic nitrogens is 2. The van der Waals surface area contributed by atoms with Crippen LogP contribution in [0.15, 0.2) is 6.07 Å². The molecule has 2 heterocycles. The van der Waals surface area contributed by atoms with Crippen LogP contribution in [0.3, 0.4) is 0 Å². The molecule has 0 unspecified atom stereocenters. The van der Waals surface area contributed by atoms with Gasteiger partial charge in [0.1, 0.15) is 11.6 Å². The number of anilines is 1. The third-order valence-corrected chi connectivity index (χ3v) is 3.76. The topological polar surface area (TPSA) is 38.2 Å². The maximum Gasteiger partial charge on any atom is 0.132 e. The maximum atomic E-state index is 5.78. The number of piperidine rings is 1. The molecule has 4 nitrogen and oxygen atoms in total. The number of hydrogen-bond acceptors (Lipinski definition) is 4. The number of aryl methyl sites for hydroxylation is 2. The zero-order valence-electron chi connectivity index (χ0n) is 11.7. The van der Waals surface area contributed by atoms with Crippen molar-refractivity contribution in [3.63, 3.8) is 0 Å². The fourth-order valence-electron chi connectivity index (χ4n) is 2.42. The average Bonchev–Trinajstić information content (AvgIpc) is 2.45. The predicted molar refractivity (Wildman–Crippen MR) is 81.1 cm³/mol. The van der Waals surface area contributed by atoms with E-state index in [1.807, 2.05) is 6.92 Å². The molecule has 1 aromatic rings. The molecule has 0 saturated carbocycles. The number of rotatable bonds is 5. The summed E-state index contributed by atoms with van der Waals surface area (Å²) in [6, 6.07) is 2.12. The SMILES string of the molecule is CCc1cc(N2CCC(OCCBr)CC2)nc(C)n1. The largest absolute Gasteiger partial charge is 0.377 e. The highest BCUT2D eigenvalue weighted by atomic mass is 79.9. The van der Waals surface area contributed by atoms with Crippen LogP contribution in [0.25, 0.3) is 0 Å². The number of hydrogen-bond donors (Lipinski definition) is 0. The van der Waals surface area contributed by atoms with Gasteiger partial charge in [0.25, 0.3) is 0 Å². The highest BCUT2D eigenvalue weighted by Crippen LogP contribution is 2.20. The second-order valence-electron chi connectivity index (χ2n) is 4.86. The molecular formula is C14H22BrN3O. The Morgan fingerprint density at radius 2 is 2.11 bits per heavy atom. The van der Waals surface area contributed by atoms with Gasteiger partial charge < -0.3 is 9.64 Å². The summed E-state index contributed by atoms with van der Waals surface area (Å²) in [4.78, 5) is 11.3. The molecule has 1 aliphatic heterocycles. The third kappa shape index (κ3) is 4.14. The summed E-state index contributed by atoms with van der Waals surface area (Å²) in [6.45, 7) is 6.94. The van der Waals surface area contributed by atoms with E-state index in [9.17, 15) is 0 Å². The van der Waals surface area contributed by atoms with Crippen LogP contribution in [0.1, 0.15) is 31.3 Å². The van der Waals surface area contributed by atoms with Gasteiger partial charge in [0.15, 0.2) is 0 Å². The van der Waals surface area contributed by atoms with E-state index < -0.39 is 0 Å². The van der Waals surface area contributed by atoms with Crippen LogP contribution in [0.2, 0.25) is 0 Å². The number of alkyl halides is 1. The molecule has 1 fully saturated rings. The first kappa shape index (κ1) is 14.7. The molecule has 0 N–H and O–H groups in total. The fraction of sp³-hybridized carbons (Fsp3) is 0.714. The summed E-state index contributed by atoms with van der Waals surface area (Å²) in [5.74, 6) is 1.94. The summed E-state index contributed by atoms with van der Waals surface area (Å²) in [5, 5.41) is 0.915. The Morgan fingerprint density at radius 1 is 1.37 bits per heavy atom. The minimum atomic E-state index is 0.405. The lowest BCUT2D eigenvalue weighted by molar-refractivity contribution is 0.0480. The quantitative estimate of drug-likeness (QED) is 0.779. The summed E-state index contributed by atoms with van der Waals surface area (Å²) in [5.41, 5.74) is 1.13. The van der Waals surface area contributed by atoms with E-state index in [-0.39, 0.29) is 0 Å². The van der Waals surface area contributed by atoms with Gasteiger partial charge in [0, 0.05) is 30.2 Å². The lowest BCUT2D eigenvalue weighted by atomic mass is 10.1. The molecule has 0 spiro atoms. The second-order valence-corrected chi connectivity index (χ2v) is 5.66. The van der Waals surface area contributed by atoms with Gasteiger partial charge in [-0.1, -0.05) is 22.9 Å². The van der Waals surface area contributed by atoms with E-state index in [1.165, 1.54) is 0 Å². The van der Waals surface area contributed by atoms with Gasteiger partial charge in [-0.25, -0.2) is 9.97 Å². The zero-order chi connectivity index (χ0) is 13.7. The van der Waals surface area contributed by atoms with Crippen LogP contribution in [-0.2, 0) is 11.2 Å². The first-order valence-corrected chi connectivity index (χ1v) is 8.12. The number of ether oxygens (including phenoxy) is 1. The van der Waals surface area contributed by atoms with Crippen molar-refractivity contribution in [3.8, 4) is 0 Å². The summed E-state index contributed by atoms with van der Waals surface area (Å²) in [6.07, 6.45) is 3.53. The second kappa shape index (κ2) is 7.20. The van der Waals surface area contributed by atoms with Gasteiger partial charge in [0.2, 0.25) is 0 Å². The maximum absolute atomic E-state index is 5.78. The van der Waals surface area contributed by atoms with Gasteiger partial charge >= 0.3 is 0 Å². The first-order valence-electron chi connectivity index (χ1n) is 7.00. The van der Waals surface area contributed by atoms with Gasteiger partial charge in [-0.05, 0) is 26.2 Å². The average molecular weight is 328 g/mol. The third-order valence-electron chi connectivity index (χ3n) is 3.44. The molecule has 0 bridgehead atoms. The van der Waals surface area contributed by atoms with Gasteiger partial charge in [0.05, 0.1) is 12.7 Å². The Labute approximate surface area is 123 Å². The van der Waals surface area contributed by atoms with E-state index in [4.69, 9.17) is 4.74 Å². The van der Waals surface area contributed by atoms with Crippen LogP contribution in [0.4, 0.5) is 5.82 Å². The summed E-state index contributed by atoms with van der Waals surface area (Å²) < 4.78 is 5.78. The normalized spacial score (nSPS) is 16.9. The highest BCUT2D eigenvalue weighted by molar-refractivity contribution is 9.09. The van der Waals surface area contributed by atoms with Crippen molar-refractivity contribution in [2.24, 2.45) is 0 Å². The molecule has 5 heteroatoms. The molecular weight excluding hydrogens is 306 g/mol. The Balaban J connectivity index is 1.95. The molecule has 0 atom stereocenters. The fourth-order valence-corrected chi connectivity index (χ4v) is 2.60. The van der Waals surface area contributed by atoms with Crippen LogP contribution >= 0.6 is 15.9 Å². The molecule has 2 rings (SSSR count). The van der Waals surface area contributed by atoms with Crippen molar-refractivity contribution in [1.82, 2.24) is 9.97 Å². The molecule has 0 aliphatic carbocycles. The Kier molecular flexibility index (Phi) is 5.58. The number of halogens is 1. The van der Waals surface area contributed by atoms with Crippen LogP contribution in [-0.4, -0.2) is 41.1 Å². The number of nitrogens with zero attached hydrogens (tertiary/aromatic N) is 3. The molecule has 1 saturated heterocycles. The summed E-state index contributed by atoms with van der Waals surface area (Å²) >= 11 is 3.40. The van der Waals surface area contributed by atoms with Crippen molar-refractivity contribution in [3.05, 3.63) is 17.6 Å². The standard InChI is InChI=1S/C14H22BrN3O/c1-3-12-10-14(17-11(2)16-12)18-7-4-13(5-8-18)19-9-6-15/h10,13H,3-9H2,1-2H3. The van der Waals surface area contributed by atoms with E-state index in [0.717, 1.165) is 61.6 Å². The molecule has 106 valence electrons. The lowest BCUT2D eigenvalue weighted by Gasteiger charge is -2.32. The smallest absolute Gasteiger partial charge is 0.132 e. The highest BCUT2D eigenvalue weighted by Gasteiger charge is 2.20. The van der Waals surface area contributed by atoms with E-state index in [1.54, 1.807) is 0 Å². The van der Waals surface area contributed by atoms with Crippen molar-refractivity contribution in [2.45, 2.75) is 39.2 Å². The molecule has 0 radical (unpaired) electrons. The van der Waals surface area contributed by atoms with Crippen LogP contribution < -0.4 is 4.90 Å². The van der Waals surface area contributed by atoms with E-state index >= 15 is 0 Å². The van der Waals surface area contributed by atoms with Crippen molar-refractivity contribution >= 4 is 21.7 Å². The molecule has 1 aromatic heterocycles. The van der Waals surface area contributed by atoms with Crippen molar-refractivity contribution in [1.29, 1.82) is 0 Å². The molecule has 1 aliphatic rings.